The van der Waals surface area contributed by atoms with Crippen molar-refractivity contribution in [1.29, 1.82) is 0 Å². The van der Waals surface area contributed by atoms with Crippen LogP contribution in [-0.2, 0) is 15.8 Å². The number of hydrogen-bond donors (Lipinski definition) is 2. The highest BCUT2D eigenvalue weighted by molar-refractivity contribution is 6.42. The first-order valence-electron chi connectivity index (χ1n) is 5.61. The van der Waals surface area contributed by atoms with Gasteiger partial charge in [0.1, 0.15) is 12.7 Å². The van der Waals surface area contributed by atoms with Crippen molar-refractivity contribution in [3.05, 3.63) is 41.4 Å². The molecule has 0 aliphatic rings. The predicted molar refractivity (Wildman–Crippen MR) is 69.5 cm³/mol. The first kappa shape index (κ1) is 15.8. The molecule has 22 heavy (non-hydrogen) atoms. The van der Waals surface area contributed by atoms with Gasteiger partial charge in [0.2, 0.25) is 0 Å². The van der Waals surface area contributed by atoms with Crippen LogP contribution in [0.4, 0.5) is 18.9 Å². The summed E-state index contributed by atoms with van der Waals surface area (Å²) < 4.78 is 39.1. The molecule has 0 radical (unpaired) electrons. The SMILES string of the molecule is O=C(Nc1ccc(Cl)c(C(F)(F)F)c1)C(=O)Nn1cnnc1. The molecule has 7 nitrogen and oxygen atoms in total. The molecular formula is C11H7ClF3N5O2. The minimum Gasteiger partial charge on any atom is -0.318 e. The average molecular weight is 334 g/mol. The van der Waals surface area contributed by atoms with Gasteiger partial charge >= 0.3 is 18.0 Å². The molecule has 1 aromatic carbocycles. The molecule has 1 heterocycles. The number of aromatic nitrogens is 3. The normalized spacial score (nSPS) is 11.1. The largest absolute Gasteiger partial charge is 0.417 e. The van der Waals surface area contributed by atoms with Crippen molar-refractivity contribution in [1.82, 2.24) is 14.9 Å². The number of anilines is 1. The molecule has 2 amide bonds. The van der Waals surface area contributed by atoms with Crippen molar-refractivity contribution in [2.75, 3.05) is 10.7 Å². The van der Waals surface area contributed by atoms with Crippen molar-refractivity contribution in [3.8, 4) is 0 Å². The lowest BCUT2D eigenvalue weighted by atomic mass is 10.2. The summed E-state index contributed by atoms with van der Waals surface area (Å²) in [6.07, 6.45) is -2.44. The Balaban J connectivity index is 2.10. The first-order chi connectivity index (χ1) is 10.3. The molecule has 2 rings (SSSR count). The van der Waals surface area contributed by atoms with E-state index in [0.717, 1.165) is 29.5 Å². The first-order valence-corrected chi connectivity index (χ1v) is 5.99. The van der Waals surface area contributed by atoms with Crippen molar-refractivity contribution in [2.24, 2.45) is 0 Å². The van der Waals surface area contributed by atoms with E-state index in [9.17, 15) is 22.8 Å². The number of nitrogens with one attached hydrogen (secondary N) is 2. The van der Waals surface area contributed by atoms with E-state index in [4.69, 9.17) is 11.6 Å². The molecule has 116 valence electrons. The van der Waals surface area contributed by atoms with Gasteiger partial charge in [0.25, 0.3) is 0 Å². The molecule has 0 aliphatic heterocycles. The van der Waals surface area contributed by atoms with E-state index in [1.807, 2.05) is 5.32 Å². The van der Waals surface area contributed by atoms with E-state index in [0.29, 0.717) is 6.07 Å². The van der Waals surface area contributed by atoms with Crippen LogP contribution in [0.15, 0.2) is 30.9 Å². The molecule has 1 aromatic heterocycles. The maximum absolute atomic E-state index is 12.7. The number of benzene rings is 1. The minimum atomic E-state index is -4.68. The Kier molecular flexibility index (Phi) is 4.31. The molecule has 0 spiro atoms. The summed E-state index contributed by atoms with van der Waals surface area (Å²) in [6, 6.07) is 2.74. The Hall–Kier alpha value is -2.62. The van der Waals surface area contributed by atoms with Gasteiger partial charge in [0.15, 0.2) is 0 Å². The summed E-state index contributed by atoms with van der Waals surface area (Å²) in [5.41, 5.74) is 0.750. The van der Waals surface area contributed by atoms with E-state index >= 15 is 0 Å². The van der Waals surface area contributed by atoms with Gasteiger partial charge in [-0.1, -0.05) is 11.6 Å². The average Bonchev–Trinajstić information content (AvgIpc) is 2.92. The lowest BCUT2D eigenvalue weighted by Crippen LogP contribution is -2.33. The fourth-order valence-corrected chi connectivity index (χ4v) is 1.66. The lowest BCUT2D eigenvalue weighted by molar-refractivity contribution is -0.137. The predicted octanol–water partition coefficient (Wildman–Crippen LogP) is 1.66. The highest BCUT2D eigenvalue weighted by Gasteiger charge is 2.33. The zero-order chi connectivity index (χ0) is 16.3. The van der Waals surface area contributed by atoms with Crippen LogP contribution in [0.2, 0.25) is 5.02 Å². The van der Waals surface area contributed by atoms with Crippen LogP contribution in [0.5, 0.6) is 0 Å². The quantitative estimate of drug-likeness (QED) is 0.818. The number of carbonyl (C=O) groups is 2. The molecule has 2 N–H and O–H groups in total. The Labute approximate surface area is 126 Å². The molecule has 0 fully saturated rings. The highest BCUT2D eigenvalue weighted by Crippen LogP contribution is 2.36. The zero-order valence-corrected chi connectivity index (χ0v) is 11.3. The van der Waals surface area contributed by atoms with Crippen LogP contribution >= 0.6 is 11.6 Å². The molecule has 0 atom stereocenters. The summed E-state index contributed by atoms with van der Waals surface area (Å²) in [6.45, 7) is 0. The van der Waals surface area contributed by atoms with Crippen LogP contribution in [-0.4, -0.2) is 26.7 Å². The molecule has 0 saturated carbocycles. The number of hydrogen-bond acceptors (Lipinski definition) is 4. The molecule has 0 unspecified atom stereocenters. The van der Waals surface area contributed by atoms with Gasteiger partial charge in [0, 0.05) is 5.69 Å². The third-order valence-corrected chi connectivity index (χ3v) is 2.71. The molecular weight excluding hydrogens is 327 g/mol. The van der Waals surface area contributed by atoms with Gasteiger partial charge in [-0.3, -0.25) is 15.0 Å². The second-order valence-corrected chi connectivity index (χ2v) is 4.36. The van der Waals surface area contributed by atoms with Crippen LogP contribution in [0.1, 0.15) is 5.56 Å². The third-order valence-electron chi connectivity index (χ3n) is 2.39. The molecule has 0 aliphatic carbocycles. The highest BCUT2D eigenvalue weighted by atomic mass is 35.5. The fraction of sp³-hybridized carbons (Fsp3) is 0.0909. The lowest BCUT2D eigenvalue weighted by Gasteiger charge is -2.11. The monoisotopic (exact) mass is 333 g/mol. The Morgan fingerprint density at radius 1 is 1.14 bits per heavy atom. The maximum Gasteiger partial charge on any atom is 0.417 e. The van der Waals surface area contributed by atoms with Crippen LogP contribution in [0, 0.1) is 0 Å². The molecule has 2 aromatic rings. The van der Waals surface area contributed by atoms with E-state index in [-0.39, 0.29) is 5.69 Å². The minimum absolute atomic E-state index is 0.222. The smallest absolute Gasteiger partial charge is 0.318 e. The van der Waals surface area contributed by atoms with Gasteiger partial charge in [-0.05, 0) is 18.2 Å². The number of carbonyl (C=O) groups excluding carboxylic acids is 2. The van der Waals surface area contributed by atoms with Gasteiger partial charge < -0.3 is 5.32 Å². The van der Waals surface area contributed by atoms with E-state index < -0.39 is 28.6 Å². The number of halogens is 4. The molecule has 0 bridgehead atoms. The standard InChI is InChI=1S/C11H7ClF3N5O2/c12-8-2-1-6(3-7(8)11(13,14)15)18-9(21)10(22)19-20-4-16-17-5-20/h1-5H,(H,18,21)(H,19,22). The Morgan fingerprint density at radius 2 is 1.77 bits per heavy atom. The van der Waals surface area contributed by atoms with Crippen LogP contribution in [0.3, 0.4) is 0 Å². The topological polar surface area (TPSA) is 88.9 Å². The van der Waals surface area contributed by atoms with E-state index in [2.05, 4.69) is 15.6 Å². The number of amides is 2. The number of alkyl halides is 3. The van der Waals surface area contributed by atoms with Crippen molar-refractivity contribution < 1.29 is 22.8 Å². The van der Waals surface area contributed by atoms with Gasteiger partial charge in [-0.25, -0.2) is 4.68 Å². The summed E-state index contributed by atoms with van der Waals surface area (Å²) in [7, 11) is 0. The van der Waals surface area contributed by atoms with Crippen molar-refractivity contribution in [2.45, 2.75) is 6.18 Å². The van der Waals surface area contributed by atoms with Crippen LogP contribution < -0.4 is 10.7 Å². The zero-order valence-electron chi connectivity index (χ0n) is 10.6. The summed E-state index contributed by atoms with van der Waals surface area (Å²) in [5, 5.41) is 8.30. The number of nitrogens with zero attached hydrogens (tertiary/aromatic N) is 3. The second-order valence-electron chi connectivity index (χ2n) is 3.96. The molecule has 0 saturated heterocycles. The van der Waals surface area contributed by atoms with Gasteiger partial charge in [-0.15, -0.1) is 10.2 Å². The summed E-state index contributed by atoms with van der Waals surface area (Å²) in [5.74, 6) is -2.27. The summed E-state index contributed by atoms with van der Waals surface area (Å²) in [4.78, 5) is 23.1. The Bertz CT molecular complexity index is 702. The third kappa shape index (κ3) is 3.73. The van der Waals surface area contributed by atoms with Crippen molar-refractivity contribution >= 4 is 29.1 Å². The van der Waals surface area contributed by atoms with Crippen molar-refractivity contribution in [3.63, 3.8) is 0 Å². The van der Waals surface area contributed by atoms with Crippen LogP contribution in [0.25, 0.3) is 0 Å². The second kappa shape index (κ2) is 6.02. The number of rotatable bonds is 2. The van der Waals surface area contributed by atoms with E-state index in [1.54, 1.807) is 0 Å². The van der Waals surface area contributed by atoms with Gasteiger partial charge in [0.05, 0.1) is 10.6 Å². The fourth-order valence-electron chi connectivity index (χ4n) is 1.43. The Morgan fingerprint density at radius 3 is 2.36 bits per heavy atom. The molecule has 11 heteroatoms. The van der Waals surface area contributed by atoms with E-state index in [1.165, 1.54) is 0 Å². The van der Waals surface area contributed by atoms with Gasteiger partial charge in [-0.2, -0.15) is 13.2 Å². The summed E-state index contributed by atoms with van der Waals surface area (Å²) >= 11 is 5.45. The maximum atomic E-state index is 12.7.